The van der Waals surface area contributed by atoms with Crippen LogP contribution in [0.15, 0.2) is 6.33 Å². The number of unbranched alkanes of at least 4 members (excludes halogenated alkanes) is 5. The Hall–Kier alpha value is -2.74. The van der Waals surface area contributed by atoms with E-state index >= 15 is 0 Å². The highest BCUT2D eigenvalue weighted by atomic mass is 35.5. The minimum absolute atomic E-state index is 0.0622. The molecular weight excluding hydrogens is 570 g/mol. The summed E-state index contributed by atoms with van der Waals surface area (Å²) in [4.78, 5) is 38.9. The number of aromatic nitrogens is 4. The number of aliphatic hydroxyl groups excluding tert-OH is 1. The van der Waals surface area contributed by atoms with Crippen molar-refractivity contribution in [1.29, 1.82) is 0 Å². The molecule has 0 unspecified atom stereocenters. The lowest BCUT2D eigenvalue weighted by molar-refractivity contribution is -0.165. The van der Waals surface area contributed by atoms with Gasteiger partial charge in [-0.2, -0.15) is 9.97 Å². The van der Waals surface area contributed by atoms with Crippen molar-refractivity contribution in [1.82, 2.24) is 19.5 Å². The summed E-state index contributed by atoms with van der Waals surface area (Å²) in [7, 11) is 0. The van der Waals surface area contributed by atoms with E-state index in [1.807, 2.05) is 0 Å². The van der Waals surface area contributed by atoms with Gasteiger partial charge >= 0.3 is 5.97 Å². The molecule has 2 aliphatic carbocycles. The largest absolute Gasteiger partial charge is 0.458 e. The molecule has 3 atom stereocenters. The highest BCUT2D eigenvalue weighted by Gasteiger charge is 2.52. The molecule has 0 aromatic carbocycles. The Balaban J connectivity index is 1.26. The Morgan fingerprint density at radius 1 is 1.16 bits per heavy atom. The van der Waals surface area contributed by atoms with Crippen LogP contribution in [-0.2, 0) is 19.1 Å². The Morgan fingerprint density at radius 2 is 1.88 bits per heavy atom. The number of fused-ring (bicyclic) bond motifs is 1. The number of terminal acetylenes is 1. The summed E-state index contributed by atoms with van der Waals surface area (Å²) in [5.41, 5.74) is -0.416. The van der Waals surface area contributed by atoms with Gasteiger partial charge in [0.25, 0.3) is 0 Å². The van der Waals surface area contributed by atoms with Crippen molar-refractivity contribution in [3.8, 4) is 12.3 Å². The van der Waals surface area contributed by atoms with Crippen LogP contribution in [-0.4, -0.2) is 54.8 Å². The summed E-state index contributed by atoms with van der Waals surface area (Å²) < 4.78 is 13.8. The molecule has 0 bridgehead atoms. The van der Waals surface area contributed by atoms with Crippen LogP contribution < -0.4 is 5.32 Å². The third kappa shape index (κ3) is 7.00. The lowest BCUT2D eigenvalue weighted by atomic mass is 9.69. The second-order valence-corrected chi connectivity index (χ2v) is 13.0. The van der Waals surface area contributed by atoms with Crippen LogP contribution >= 0.6 is 11.6 Å². The zero-order chi connectivity index (χ0) is 30.5. The zero-order valence-corrected chi connectivity index (χ0v) is 25.9. The molecule has 2 N–H and O–H groups in total. The third-order valence-corrected chi connectivity index (χ3v) is 9.95. The number of nitrogens with zero attached hydrogens (tertiary/aromatic N) is 4. The highest BCUT2D eigenvalue weighted by Crippen LogP contribution is 2.50. The maximum Gasteiger partial charge on any atom is 0.309 e. The number of rotatable bonds is 12. The maximum atomic E-state index is 13.3. The quantitative estimate of drug-likeness (QED) is 0.127. The number of anilines is 1. The fourth-order valence-electron chi connectivity index (χ4n) is 7.14. The summed E-state index contributed by atoms with van der Waals surface area (Å²) in [5, 5.41) is 13.1. The first-order valence-electron chi connectivity index (χ1n) is 16.0. The maximum absolute atomic E-state index is 13.3. The summed E-state index contributed by atoms with van der Waals surface area (Å²) >= 11 is 6.26. The molecule has 3 aliphatic rings. The Bertz CT molecular complexity index is 1330. The van der Waals surface area contributed by atoms with Gasteiger partial charge in [0.15, 0.2) is 22.6 Å². The monoisotopic (exact) mass is 613 g/mol. The standard InChI is InChI=1S/C32H44ClN5O5/c1-3-5-6-7-8-9-12-24(40)35-27-26-28(37-30(33)36-27)38(21-34-26)25-19-23(32(4-2,20-39)43-25)42-29(41)22-13-17-31(18-14-22)15-10-11-16-31/h2,21-23,25,39H,3,5-20H2,1H3,(H,35,36,37,40)/t23-,25+,32+/m0/s1. The molecule has 0 radical (unpaired) electrons. The topological polar surface area (TPSA) is 128 Å². The smallest absolute Gasteiger partial charge is 0.309 e. The van der Waals surface area contributed by atoms with Crippen LogP contribution in [0.25, 0.3) is 11.2 Å². The van der Waals surface area contributed by atoms with Crippen molar-refractivity contribution in [3.63, 3.8) is 0 Å². The fraction of sp³-hybridized carbons (Fsp3) is 0.719. The number of carbonyl (C=O) groups is 2. The molecule has 1 aliphatic heterocycles. The van der Waals surface area contributed by atoms with Gasteiger partial charge in [0.1, 0.15) is 12.3 Å². The van der Waals surface area contributed by atoms with E-state index in [2.05, 4.69) is 33.1 Å². The number of imidazole rings is 1. The average molecular weight is 614 g/mol. The van der Waals surface area contributed by atoms with Crippen LogP contribution in [0.5, 0.6) is 0 Å². The molecule has 43 heavy (non-hydrogen) atoms. The second kappa shape index (κ2) is 13.9. The molecule has 10 nitrogen and oxygen atoms in total. The summed E-state index contributed by atoms with van der Waals surface area (Å²) in [6.45, 7) is 1.65. The molecule has 2 aromatic heterocycles. The predicted molar refractivity (Wildman–Crippen MR) is 163 cm³/mol. The Kier molecular flexibility index (Phi) is 10.3. The molecule has 1 saturated heterocycles. The van der Waals surface area contributed by atoms with Crippen molar-refractivity contribution in [2.24, 2.45) is 11.3 Å². The highest BCUT2D eigenvalue weighted by molar-refractivity contribution is 6.28. The number of hydrogen-bond donors (Lipinski definition) is 2. The molecule has 1 amide bonds. The number of amides is 1. The first-order chi connectivity index (χ1) is 20.8. The third-order valence-electron chi connectivity index (χ3n) is 9.78. The Morgan fingerprint density at radius 3 is 2.58 bits per heavy atom. The van der Waals surface area contributed by atoms with E-state index in [1.165, 1.54) is 51.3 Å². The van der Waals surface area contributed by atoms with Gasteiger partial charge in [-0.1, -0.05) is 57.8 Å². The molecule has 1 spiro atoms. The first kappa shape index (κ1) is 31.7. The van der Waals surface area contributed by atoms with Gasteiger partial charge in [0.2, 0.25) is 11.2 Å². The summed E-state index contributed by atoms with van der Waals surface area (Å²) in [6.07, 6.45) is 21.6. The number of hydrogen-bond acceptors (Lipinski definition) is 8. The lowest BCUT2D eigenvalue weighted by Gasteiger charge is -2.37. The molecule has 11 heteroatoms. The molecule has 3 fully saturated rings. The van der Waals surface area contributed by atoms with Crippen molar-refractivity contribution < 1.29 is 24.2 Å². The summed E-state index contributed by atoms with van der Waals surface area (Å²) in [6, 6.07) is 0. The van der Waals surface area contributed by atoms with Gasteiger partial charge in [0, 0.05) is 12.8 Å². The van der Waals surface area contributed by atoms with E-state index in [0.29, 0.717) is 23.0 Å². The SMILES string of the molecule is C#C[C@]1(CO)O[C@@H](n2cnc3c(NC(=O)CCCCCCCC)nc(Cl)nc32)C[C@@H]1OC(=O)C1CCC2(CCCC2)CC1. The average Bonchev–Trinajstić information content (AvgIpc) is 3.73. The predicted octanol–water partition coefficient (Wildman–Crippen LogP) is 6.11. The van der Waals surface area contributed by atoms with Crippen LogP contribution in [0.2, 0.25) is 5.28 Å². The number of halogens is 1. The zero-order valence-electron chi connectivity index (χ0n) is 25.2. The van der Waals surface area contributed by atoms with E-state index in [0.717, 1.165) is 44.9 Å². The normalized spacial score (nSPS) is 25.3. The van der Waals surface area contributed by atoms with Gasteiger partial charge in [0.05, 0.1) is 18.9 Å². The molecular formula is C32H44ClN5O5. The van der Waals surface area contributed by atoms with Crippen LogP contribution in [0.3, 0.4) is 0 Å². The van der Waals surface area contributed by atoms with E-state index < -0.39 is 24.5 Å². The minimum atomic E-state index is -1.51. The van der Waals surface area contributed by atoms with Crippen LogP contribution in [0.4, 0.5) is 5.82 Å². The van der Waals surface area contributed by atoms with Gasteiger partial charge in [-0.05, 0) is 62.0 Å². The van der Waals surface area contributed by atoms with Crippen molar-refractivity contribution in [2.75, 3.05) is 11.9 Å². The summed E-state index contributed by atoms with van der Waals surface area (Å²) in [5.74, 6) is 2.13. The lowest BCUT2D eigenvalue weighted by Crippen LogP contribution is -2.45. The number of esters is 1. The minimum Gasteiger partial charge on any atom is -0.458 e. The van der Waals surface area contributed by atoms with Gasteiger partial charge in [-0.15, -0.1) is 6.42 Å². The van der Waals surface area contributed by atoms with Crippen LogP contribution in [0.1, 0.15) is 116 Å². The van der Waals surface area contributed by atoms with E-state index in [4.69, 9.17) is 27.5 Å². The van der Waals surface area contributed by atoms with Gasteiger partial charge in [-0.25, -0.2) is 4.98 Å². The van der Waals surface area contributed by atoms with E-state index in [-0.39, 0.29) is 35.3 Å². The van der Waals surface area contributed by atoms with E-state index in [9.17, 15) is 14.7 Å². The van der Waals surface area contributed by atoms with Crippen molar-refractivity contribution >= 4 is 40.5 Å². The molecule has 234 valence electrons. The Labute approximate surface area is 258 Å². The van der Waals surface area contributed by atoms with Crippen molar-refractivity contribution in [2.45, 2.75) is 128 Å². The van der Waals surface area contributed by atoms with Crippen LogP contribution in [0, 0.1) is 23.7 Å². The van der Waals surface area contributed by atoms with Gasteiger partial charge < -0.3 is 19.9 Å². The molecule has 5 rings (SSSR count). The number of nitrogens with one attached hydrogen (secondary N) is 1. The number of carbonyl (C=O) groups excluding carboxylic acids is 2. The first-order valence-corrected chi connectivity index (χ1v) is 16.4. The number of aliphatic hydroxyl groups is 1. The number of ether oxygens (including phenoxy) is 2. The van der Waals surface area contributed by atoms with E-state index in [1.54, 1.807) is 4.57 Å². The van der Waals surface area contributed by atoms with Crippen molar-refractivity contribution in [3.05, 3.63) is 11.6 Å². The van der Waals surface area contributed by atoms with Gasteiger partial charge in [-0.3, -0.25) is 14.2 Å². The molecule has 2 aromatic rings. The fourth-order valence-corrected chi connectivity index (χ4v) is 7.31. The second-order valence-electron chi connectivity index (χ2n) is 12.6. The molecule has 2 saturated carbocycles. The molecule has 3 heterocycles.